The van der Waals surface area contributed by atoms with Crippen molar-refractivity contribution in [1.29, 1.82) is 0 Å². The Hall–Kier alpha value is -3.54. The molecular formula is C31H42N6O5S. The third-order valence-corrected chi connectivity index (χ3v) is 9.50. The van der Waals surface area contributed by atoms with Gasteiger partial charge in [-0.15, -0.1) is 0 Å². The highest BCUT2D eigenvalue weighted by atomic mass is 32.1. The van der Waals surface area contributed by atoms with Crippen molar-refractivity contribution in [3.8, 4) is 11.5 Å². The first-order valence-electron chi connectivity index (χ1n) is 15.3. The molecule has 3 fully saturated rings. The van der Waals surface area contributed by atoms with E-state index in [9.17, 15) is 14.4 Å². The molecular weight excluding hydrogens is 568 g/mol. The Morgan fingerprint density at radius 3 is 2.30 bits per heavy atom. The number of amides is 2. The van der Waals surface area contributed by atoms with Crippen molar-refractivity contribution in [2.45, 2.75) is 64.8 Å². The van der Waals surface area contributed by atoms with Gasteiger partial charge >= 0.3 is 0 Å². The van der Waals surface area contributed by atoms with E-state index >= 15 is 0 Å². The summed E-state index contributed by atoms with van der Waals surface area (Å²) in [6.45, 7) is 6.58. The van der Waals surface area contributed by atoms with Crippen LogP contribution in [0.4, 0.5) is 11.8 Å². The van der Waals surface area contributed by atoms with Gasteiger partial charge in [-0.2, -0.15) is 4.98 Å². The minimum absolute atomic E-state index is 0.0724. The van der Waals surface area contributed by atoms with Crippen LogP contribution in [0.3, 0.4) is 0 Å². The monoisotopic (exact) mass is 610 g/mol. The number of piperazine rings is 1. The summed E-state index contributed by atoms with van der Waals surface area (Å²) in [5, 5.41) is 3.70. The number of aromatic nitrogens is 2. The lowest BCUT2D eigenvalue weighted by Crippen LogP contribution is -2.50. The molecule has 232 valence electrons. The maximum atomic E-state index is 13.8. The predicted molar refractivity (Wildman–Crippen MR) is 169 cm³/mol. The highest BCUT2D eigenvalue weighted by Crippen LogP contribution is 2.36. The van der Waals surface area contributed by atoms with Gasteiger partial charge in [-0.3, -0.25) is 9.59 Å². The van der Waals surface area contributed by atoms with Gasteiger partial charge in [0, 0.05) is 62.4 Å². The van der Waals surface area contributed by atoms with Crippen molar-refractivity contribution in [2.24, 2.45) is 11.8 Å². The molecule has 2 aromatic rings. The van der Waals surface area contributed by atoms with Crippen LogP contribution in [0.2, 0.25) is 0 Å². The molecule has 1 aromatic carbocycles. The minimum atomic E-state index is -0.458. The number of ketones is 1. The van der Waals surface area contributed by atoms with E-state index in [-0.39, 0.29) is 29.4 Å². The molecule has 1 aromatic heterocycles. The van der Waals surface area contributed by atoms with Gasteiger partial charge in [0.25, 0.3) is 0 Å². The topological polar surface area (TPSA) is 117 Å². The molecule has 1 saturated carbocycles. The van der Waals surface area contributed by atoms with Gasteiger partial charge in [0.05, 0.1) is 24.7 Å². The Kier molecular flexibility index (Phi) is 9.63. The van der Waals surface area contributed by atoms with Gasteiger partial charge in [0.15, 0.2) is 11.5 Å². The van der Waals surface area contributed by atoms with Crippen molar-refractivity contribution >= 4 is 57.5 Å². The predicted octanol–water partition coefficient (Wildman–Crippen LogP) is 3.83. The van der Waals surface area contributed by atoms with Gasteiger partial charge < -0.3 is 34.3 Å². The molecule has 0 bridgehead atoms. The molecule has 2 amide bonds. The number of hydrogen-bond acceptors (Lipinski definition) is 9. The van der Waals surface area contributed by atoms with Crippen molar-refractivity contribution in [2.75, 3.05) is 57.2 Å². The average Bonchev–Trinajstić information content (AvgIpc) is 3.72. The van der Waals surface area contributed by atoms with Crippen LogP contribution in [0.15, 0.2) is 12.1 Å². The third kappa shape index (κ3) is 6.68. The lowest BCUT2D eigenvalue weighted by atomic mass is 10.0. The lowest BCUT2D eigenvalue weighted by Gasteiger charge is -2.36. The normalized spacial score (nSPS) is 19.9. The summed E-state index contributed by atoms with van der Waals surface area (Å²) in [4.78, 5) is 54.8. The first-order chi connectivity index (χ1) is 20.7. The Balaban J connectivity index is 1.40. The molecule has 2 saturated heterocycles. The number of carbonyl (C=O) groups is 3. The van der Waals surface area contributed by atoms with E-state index in [1.54, 1.807) is 33.3 Å². The van der Waals surface area contributed by atoms with Crippen molar-refractivity contribution in [3.05, 3.63) is 12.1 Å². The number of thiocarbonyl (C=S) groups is 1. The third-order valence-electron chi connectivity index (χ3n) is 8.86. The van der Waals surface area contributed by atoms with Gasteiger partial charge in [0.2, 0.25) is 17.8 Å². The minimum Gasteiger partial charge on any atom is -0.493 e. The second-order valence-corrected chi connectivity index (χ2v) is 12.3. The van der Waals surface area contributed by atoms with E-state index in [0.717, 1.165) is 32.1 Å². The molecule has 0 radical (unpaired) electrons. The number of nitrogens with zero attached hydrogens (tertiary/aromatic N) is 5. The highest BCUT2D eigenvalue weighted by molar-refractivity contribution is 7.80. The van der Waals surface area contributed by atoms with Crippen LogP contribution in [0.5, 0.6) is 11.5 Å². The van der Waals surface area contributed by atoms with Crippen molar-refractivity contribution in [1.82, 2.24) is 19.8 Å². The molecule has 3 aliphatic rings. The number of hydrogen-bond donors (Lipinski definition) is 1. The number of anilines is 2. The van der Waals surface area contributed by atoms with Crippen LogP contribution < -0.4 is 19.7 Å². The number of fused-ring (bicyclic) bond motifs is 1. The smallest absolute Gasteiger partial charge is 0.248 e. The number of benzene rings is 1. The van der Waals surface area contributed by atoms with E-state index in [4.69, 9.17) is 31.7 Å². The number of ether oxygens (including phenoxy) is 2. The SMILES string of the molecule is COc1cc2nc(N3CCN(C(=O)C4CCCC4)CC3)nc(NC(=O)[C@H]3CCCN3C(=S)C(C)CC(C)=O)c2cc1OC. The van der Waals surface area contributed by atoms with Crippen LogP contribution in [-0.2, 0) is 14.4 Å². The van der Waals surface area contributed by atoms with Gasteiger partial charge in [-0.05, 0) is 38.7 Å². The van der Waals surface area contributed by atoms with E-state index in [1.807, 2.05) is 16.7 Å². The van der Waals surface area contributed by atoms with E-state index in [2.05, 4.69) is 10.2 Å². The number of likely N-dealkylation sites (tertiary alicyclic amines) is 1. The summed E-state index contributed by atoms with van der Waals surface area (Å²) in [7, 11) is 3.13. The van der Waals surface area contributed by atoms with Gasteiger partial charge in [0.1, 0.15) is 17.6 Å². The average molecular weight is 611 g/mol. The zero-order valence-corrected chi connectivity index (χ0v) is 26.4. The number of carbonyl (C=O) groups excluding carboxylic acids is 3. The Morgan fingerprint density at radius 1 is 0.977 bits per heavy atom. The molecule has 3 heterocycles. The maximum Gasteiger partial charge on any atom is 0.248 e. The molecule has 12 heteroatoms. The first kappa shape index (κ1) is 30.9. The summed E-state index contributed by atoms with van der Waals surface area (Å²) in [6.07, 6.45) is 6.07. The summed E-state index contributed by atoms with van der Waals surface area (Å²) in [5.41, 5.74) is 0.608. The van der Waals surface area contributed by atoms with Gasteiger partial charge in [-0.1, -0.05) is 32.0 Å². The number of methoxy groups -OCH3 is 2. The Labute approximate surface area is 258 Å². The zero-order chi connectivity index (χ0) is 30.7. The molecule has 1 N–H and O–H groups in total. The van der Waals surface area contributed by atoms with Crippen molar-refractivity contribution in [3.63, 3.8) is 0 Å². The summed E-state index contributed by atoms with van der Waals surface area (Å²) >= 11 is 5.73. The largest absolute Gasteiger partial charge is 0.493 e. The molecule has 0 spiro atoms. The molecule has 2 aliphatic heterocycles. The maximum absolute atomic E-state index is 13.8. The van der Waals surface area contributed by atoms with E-state index < -0.39 is 6.04 Å². The van der Waals surface area contributed by atoms with Crippen LogP contribution in [-0.4, -0.2) is 95.3 Å². The van der Waals surface area contributed by atoms with Crippen LogP contribution in [0.25, 0.3) is 10.9 Å². The molecule has 1 aliphatic carbocycles. The van der Waals surface area contributed by atoms with E-state index in [1.165, 1.54) is 0 Å². The fourth-order valence-corrected chi connectivity index (χ4v) is 6.84. The summed E-state index contributed by atoms with van der Waals surface area (Å²) in [6, 6.07) is 3.10. The van der Waals surface area contributed by atoms with Crippen molar-refractivity contribution < 1.29 is 23.9 Å². The fraction of sp³-hybridized carbons (Fsp3) is 0.613. The molecule has 11 nitrogen and oxygen atoms in total. The Bertz CT molecular complexity index is 1390. The second kappa shape index (κ2) is 13.4. The van der Waals surface area contributed by atoms with Crippen LogP contribution in [0.1, 0.15) is 58.8 Å². The highest BCUT2D eigenvalue weighted by Gasteiger charge is 2.35. The molecule has 1 unspecified atom stereocenters. The summed E-state index contributed by atoms with van der Waals surface area (Å²) in [5.74, 6) is 2.05. The standard InChI is InChI=1S/C31H42N6O5S/c1-19(16-20(2)38)30(43)37-11-7-10-24(37)28(39)33-27-22-17-25(41-3)26(42-4)18-23(22)32-31(34-27)36-14-12-35(13-15-36)29(40)21-8-5-6-9-21/h17-19,21,24H,5-16H2,1-4H3,(H,32,33,34,39)/t19?,24-/m1/s1. The number of rotatable bonds is 9. The molecule has 43 heavy (non-hydrogen) atoms. The lowest BCUT2D eigenvalue weighted by molar-refractivity contribution is -0.135. The Morgan fingerprint density at radius 2 is 1.65 bits per heavy atom. The summed E-state index contributed by atoms with van der Waals surface area (Å²) < 4.78 is 11.1. The van der Waals surface area contributed by atoms with Crippen LogP contribution in [0, 0.1) is 11.8 Å². The fourth-order valence-electron chi connectivity index (χ4n) is 6.54. The molecule has 2 atom stereocenters. The van der Waals surface area contributed by atoms with Gasteiger partial charge in [-0.25, -0.2) is 4.98 Å². The van der Waals surface area contributed by atoms with Crippen LogP contribution >= 0.6 is 12.2 Å². The zero-order valence-electron chi connectivity index (χ0n) is 25.6. The number of nitrogens with one attached hydrogen (secondary N) is 1. The first-order valence-corrected chi connectivity index (χ1v) is 15.7. The number of Topliss-reactive ketones (excluding diaryl/α,β-unsaturated/α-hetero) is 1. The van der Waals surface area contributed by atoms with E-state index in [0.29, 0.717) is 84.7 Å². The quantitative estimate of drug-likeness (QED) is 0.420. The second-order valence-electron chi connectivity index (χ2n) is 11.9. The molecule has 5 rings (SSSR count).